The van der Waals surface area contributed by atoms with Crippen LogP contribution in [0.5, 0.6) is 0 Å². The van der Waals surface area contributed by atoms with Gasteiger partial charge in [-0.3, -0.25) is 0 Å². The molecule has 0 spiro atoms. The van der Waals surface area contributed by atoms with Crippen molar-refractivity contribution in [3.05, 3.63) is 0 Å². The molecule has 54 valence electrons. The third-order valence-corrected chi connectivity index (χ3v) is 2.39. The highest BCUT2D eigenvalue weighted by Crippen LogP contribution is 2.30. The molecule has 0 saturated heterocycles. The molecule has 0 bridgehead atoms. The van der Waals surface area contributed by atoms with Crippen LogP contribution in [0.4, 0.5) is 0 Å². The highest BCUT2D eigenvalue weighted by Gasteiger charge is 2.18. The Morgan fingerprint density at radius 3 is 2.56 bits per heavy atom. The van der Waals surface area contributed by atoms with E-state index in [9.17, 15) is 0 Å². The zero-order valence-electron chi connectivity index (χ0n) is 6.27. The Balaban J connectivity index is 2.01. The molecule has 1 atom stereocenters. The number of rotatable bonds is 3. The van der Waals surface area contributed by atoms with Gasteiger partial charge in [-0.1, -0.05) is 26.2 Å². The molecule has 0 amide bonds. The van der Waals surface area contributed by atoms with Gasteiger partial charge < -0.3 is 5.73 Å². The lowest BCUT2D eigenvalue weighted by Crippen LogP contribution is -2.25. The van der Waals surface area contributed by atoms with E-state index in [2.05, 4.69) is 6.92 Å². The fourth-order valence-electron chi connectivity index (χ4n) is 1.32. The van der Waals surface area contributed by atoms with Crippen LogP contribution in [0.3, 0.4) is 0 Å². The Morgan fingerprint density at radius 1 is 1.56 bits per heavy atom. The fourth-order valence-corrected chi connectivity index (χ4v) is 1.32. The molecular formula is C8H17N. The van der Waals surface area contributed by atoms with Gasteiger partial charge in [0, 0.05) is 6.04 Å². The van der Waals surface area contributed by atoms with E-state index in [1.165, 1.54) is 25.7 Å². The van der Waals surface area contributed by atoms with Crippen LogP contribution in [0, 0.1) is 5.92 Å². The van der Waals surface area contributed by atoms with Crippen LogP contribution in [0.15, 0.2) is 0 Å². The molecule has 0 radical (unpaired) electrons. The zero-order valence-corrected chi connectivity index (χ0v) is 6.27. The first-order valence-corrected chi connectivity index (χ1v) is 4.08. The Bertz CT molecular complexity index is 73.9. The topological polar surface area (TPSA) is 26.0 Å². The lowest BCUT2D eigenvalue weighted by molar-refractivity contribution is 0.274. The van der Waals surface area contributed by atoms with Gasteiger partial charge in [-0.25, -0.2) is 0 Å². The van der Waals surface area contributed by atoms with Gasteiger partial charge >= 0.3 is 0 Å². The SMILES string of the molecule is CC[C@@H](N)CC1CCC1. The molecule has 1 nitrogen and oxygen atoms in total. The Labute approximate surface area is 57.6 Å². The molecule has 1 aliphatic carbocycles. The lowest BCUT2D eigenvalue weighted by Gasteiger charge is -2.27. The Morgan fingerprint density at radius 2 is 2.22 bits per heavy atom. The maximum absolute atomic E-state index is 5.78. The van der Waals surface area contributed by atoms with Crippen molar-refractivity contribution in [3.8, 4) is 0 Å². The van der Waals surface area contributed by atoms with E-state index in [0.717, 1.165) is 12.3 Å². The van der Waals surface area contributed by atoms with Gasteiger partial charge in [0.25, 0.3) is 0 Å². The summed E-state index contributed by atoms with van der Waals surface area (Å²) in [6.45, 7) is 2.17. The first-order chi connectivity index (χ1) is 4.33. The van der Waals surface area contributed by atoms with Gasteiger partial charge in [0.05, 0.1) is 0 Å². The minimum atomic E-state index is 0.482. The second kappa shape index (κ2) is 3.21. The Kier molecular flexibility index (Phi) is 2.52. The first kappa shape index (κ1) is 7.07. The maximum atomic E-state index is 5.78. The summed E-state index contributed by atoms with van der Waals surface area (Å²) in [5.41, 5.74) is 5.78. The summed E-state index contributed by atoms with van der Waals surface area (Å²) in [6, 6.07) is 0.482. The monoisotopic (exact) mass is 127 g/mol. The zero-order chi connectivity index (χ0) is 6.69. The third-order valence-electron chi connectivity index (χ3n) is 2.39. The van der Waals surface area contributed by atoms with Crippen LogP contribution < -0.4 is 5.73 Å². The second-order valence-corrected chi connectivity index (χ2v) is 3.20. The molecule has 1 aliphatic rings. The van der Waals surface area contributed by atoms with Crippen molar-refractivity contribution in [3.63, 3.8) is 0 Å². The molecule has 9 heavy (non-hydrogen) atoms. The summed E-state index contributed by atoms with van der Waals surface area (Å²) >= 11 is 0. The average molecular weight is 127 g/mol. The van der Waals surface area contributed by atoms with Crippen molar-refractivity contribution >= 4 is 0 Å². The summed E-state index contributed by atoms with van der Waals surface area (Å²) in [5, 5.41) is 0. The lowest BCUT2D eigenvalue weighted by atomic mass is 9.81. The molecular weight excluding hydrogens is 110 g/mol. The summed E-state index contributed by atoms with van der Waals surface area (Å²) < 4.78 is 0. The average Bonchev–Trinajstić information content (AvgIpc) is 1.78. The van der Waals surface area contributed by atoms with E-state index in [0.29, 0.717) is 6.04 Å². The number of hydrogen-bond donors (Lipinski definition) is 1. The van der Waals surface area contributed by atoms with Crippen LogP contribution in [0.2, 0.25) is 0 Å². The van der Waals surface area contributed by atoms with E-state index >= 15 is 0 Å². The van der Waals surface area contributed by atoms with E-state index < -0.39 is 0 Å². The van der Waals surface area contributed by atoms with Crippen LogP contribution in [0.25, 0.3) is 0 Å². The molecule has 0 aliphatic heterocycles. The van der Waals surface area contributed by atoms with E-state index in [1.54, 1.807) is 0 Å². The van der Waals surface area contributed by atoms with E-state index in [4.69, 9.17) is 5.73 Å². The summed E-state index contributed by atoms with van der Waals surface area (Å²) in [5.74, 6) is 0.986. The fraction of sp³-hybridized carbons (Fsp3) is 1.00. The van der Waals surface area contributed by atoms with Gasteiger partial charge in [-0.2, -0.15) is 0 Å². The third kappa shape index (κ3) is 1.98. The minimum Gasteiger partial charge on any atom is -0.328 e. The van der Waals surface area contributed by atoms with Gasteiger partial charge in [0.15, 0.2) is 0 Å². The van der Waals surface area contributed by atoms with Gasteiger partial charge in [-0.15, -0.1) is 0 Å². The highest BCUT2D eigenvalue weighted by atomic mass is 14.6. The largest absolute Gasteiger partial charge is 0.328 e. The molecule has 0 aromatic heterocycles. The summed E-state index contributed by atoms with van der Waals surface area (Å²) in [7, 11) is 0. The number of nitrogens with two attached hydrogens (primary N) is 1. The highest BCUT2D eigenvalue weighted by molar-refractivity contribution is 4.74. The van der Waals surface area contributed by atoms with Gasteiger partial charge in [0.2, 0.25) is 0 Å². The van der Waals surface area contributed by atoms with Crippen molar-refractivity contribution in [1.82, 2.24) is 0 Å². The van der Waals surface area contributed by atoms with Crippen LogP contribution in [-0.4, -0.2) is 6.04 Å². The molecule has 0 aromatic carbocycles. The summed E-state index contributed by atoms with van der Waals surface area (Å²) in [4.78, 5) is 0. The van der Waals surface area contributed by atoms with Crippen LogP contribution in [-0.2, 0) is 0 Å². The standard InChI is InChI=1S/C8H17N/c1-2-8(9)6-7-4-3-5-7/h7-8H,2-6,9H2,1H3/t8-/m1/s1. The number of hydrogen-bond acceptors (Lipinski definition) is 1. The van der Waals surface area contributed by atoms with E-state index in [-0.39, 0.29) is 0 Å². The van der Waals surface area contributed by atoms with Crippen LogP contribution >= 0.6 is 0 Å². The Hall–Kier alpha value is -0.0400. The van der Waals surface area contributed by atoms with Crippen LogP contribution in [0.1, 0.15) is 39.0 Å². The molecule has 0 aromatic rings. The normalized spacial score (nSPS) is 23.3. The first-order valence-electron chi connectivity index (χ1n) is 4.08. The van der Waals surface area contributed by atoms with Crippen molar-refractivity contribution in [2.75, 3.05) is 0 Å². The van der Waals surface area contributed by atoms with Gasteiger partial charge in [0.1, 0.15) is 0 Å². The predicted molar refractivity (Wildman–Crippen MR) is 40.2 cm³/mol. The molecule has 1 fully saturated rings. The molecule has 1 saturated carbocycles. The molecule has 1 heteroatoms. The van der Waals surface area contributed by atoms with Crippen molar-refractivity contribution in [2.45, 2.75) is 45.1 Å². The molecule has 1 rings (SSSR count). The maximum Gasteiger partial charge on any atom is 0.00388 e. The van der Waals surface area contributed by atoms with E-state index in [1.807, 2.05) is 0 Å². The molecule has 0 unspecified atom stereocenters. The smallest absolute Gasteiger partial charge is 0.00388 e. The summed E-state index contributed by atoms with van der Waals surface area (Å²) in [6.07, 6.45) is 6.75. The van der Waals surface area contributed by atoms with Crippen molar-refractivity contribution < 1.29 is 0 Å². The minimum absolute atomic E-state index is 0.482. The second-order valence-electron chi connectivity index (χ2n) is 3.20. The predicted octanol–water partition coefficient (Wildman–Crippen LogP) is 1.91. The molecule has 2 N–H and O–H groups in total. The quantitative estimate of drug-likeness (QED) is 0.615. The van der Waals surface area contributed by atoms with Crippen molar-refractivity contribution in [1.29, 1.82) is 0 Å². The van der Waals surface area contributed by atoms with Crippen molar-refractivity contribution in [2.24, 2.45) is 11.7 Å². The molecule has 0 heterocycles. The van der Waals surface area contributed by atoms with Gasteiger partial charge in [-0.05, 0) is 18.8 Å².